The number of carbonyl (C=O) groups is 1. The number of aromatic amines is 1. The van der Waals surface area contributed by atoms with Gasteiger partial charge in [0.15, 0.2) is 0 Å². The van der Waals surface area contributed by atoms with Crippen LogP contribution >= 0.6 is 11.6 Å². The standard InChI is InChI=1S/C15H10ClNO2/c16-12-3-1-2-11-8-13(17-14(11)12)9-4-6-10(7-5-9)15(18)19/h1-8,17H,(H,18,19). The second kappa shape index (κ2) is 4.44. The summed E-state index contributed by atoms with van der Waals surface area (Å²) in [6.07, 6.45) is 0. The molecule has 1 heterocycles. The first-order valence-electron chi connectivity index (χ1n) is 5.76. The molecule has 3 nitrogen and oxygen atoms in total. The van der Waals surface area contributed by atoms with Gasteiger partial charge in [0.2, 0.25) is 0 Å². The maximum absolute atomic E-state index is 10.8. The molecule has 0 aliphatic rings. The average Bonchev–Trinajstić information content (AvgIpc) is 2.84. The molecule has 0 saturated carbocycles. The molecule has 0 amide bonds. The van der Waals surface area contributed by atoms with E-state index < -0.39 is 5.97 Å². The van der Waals surface area contributed by atoms with Gasteiger partial charge in [-0.1, -0.05) is 35.9 Å². The van der Waals surface area contributed by atoms with E-state index in [1.54, 1.807) is 24.3 Å². The van der Waals surface area contributed by atoms with Crippen molar-refractivity contribution < 1.29 is 9.90 Å². The van der Waals surface area contributed by atoms with Crippen LogP contribution in [0.5, 0.6) is 0 Å². The van der Waals surface area contributed by atoms with Crippen molar-refractivity contribution in [3.8, 4) is 11.3 Å². The number of hydrogen-bond acceptors (Lipinski definition) is 1. The zero-order valence-electron chi connectivity index (χ0n) is 9.85. The summed E-state index contributed by atoms with van der Waals surface area (Å²) in [5.74, 6) is -0.925. The zero-order valence-corrected chi connectivity index (χ0v) is 10.6. The third-order valence-electron chi connectivity index (χ3n) is 3.05. The number of carboxylic acids is 1. The Kier molecular flexibility index (Phi) is 2.76. The van der Waals surface area contributed by atoms with Crippen molar-refractivity contribution in [2.24, 2.45) is 0 Å². The molecule has 2 N–H and O–H groups in total. The molecule has 3 rings (SSSR count). The van der Waals surface area contributed by atoms with Gasteiger partial charge in [-0.2, -0.15) is 0 Å². The third kappa shape index (κ3) is 2.09. The van der Waals surface area contributed by atoms with Gasteiger partial charge >= 0.3 is 5.97 Å². The zero-order chi connectivity index (χ0) is 13.4. The van der Waals surface area contributed by atoms with Crippen LogP contribution in [0.2, 0.25) is 5.02 Å². The van der Waals surface area contributed by atoms with Gasteiger partial charge < -0.3 is 10.1 Å². The number of fused-ring (bicyclic) bond motifs is 1. The SMILES string of the molecule is O=C(O)c1ccc(-c2cc3cccc(Cl)c3[nH]2)cc1. The second-order valence-corrected chi connectivity index (χ2v) is 4.68. The van der Waals surface area contributed by atoms with Gasteiger partial charge in [-0.05, 0) is 29.8 Å². The molecule has 0 aliphatic carbocycles. The van der Waals surface area contributed by atoms with Crippen LogP contribution < -0.4 is 0 Å². The molecular formula is C15H10ClNO2. The molecule has 19 heavy (non-hydrogen) atoms. The summed E-state index contributed by atoms with van der Waals surface area (Å²) in [6.45, 7) is 0. The Hall–Kier alpha value is -2.26. The first-order chi connectivity index (χ1) is 9.15. The van der Waals surface area contributed by atoms with E-state index in [1.165, 1.54) is 0 Å². The fourth-order valence-corrected chi connectivity index (χ4v) is 2.30. The molecule has 94 valence electrons. The Balaban J connectivity index is 2.09. The lowest BCUT2D eigenvalue weighted by Crippen LogP contribution is -1.94. The van der Waals surface area contributed by atoms with E-state index in [1.807, 2.05) is 24.3 Å². The summed E-state index contributed by atoms with van der Waals surface area (Å²) in [6, 6.07) is 14.4. The fourth-order valence-electron chi connectivity index (χ4n) is 2.07. The summed E-state index contributed by atoms with van der Waals surface area (Å²) in [4.78, 5) is 14.1. The fraction of sp³-hybridized carbons (Fsp3) is 0. The highest BCUT2D eigenvalue weighted by atomic mass is 35.5. The van der Waals surface area contributed by atoms with Crippen molar-refractivity contribution >= 4 is 28.5 Å². The topological polar surface area (TPSA) is 53.1 Å². The Labute approximate surface area is 114 Å². The van der Waals surface area contributed by atoms with Crippen LogP contribution in [0.25, 0.3) is 22.2 Å². The highest BCUT2D eigenvalue weighted by Gasteiger charge is 2.07. The molecular weight excluding hydrogens is 262 g/mol. The van der Waals surface area contributed by atoms with E-state index in [9.17, 15) is 4.79 Å². The summed E-state index contributed by atoms with van der Waals surface area (Å²) < 4.78 is 0. The van der Waals surface area contributed by atoms with E-state index in [4.69, 9.17) is 16.7 Å². The van der Waals surface area contributed by atoms with E-state index in [0.717, 1.165) is 22.2 Å². The lowest BCUT2D eigenvalue weighted by atomic mass is 10.1. The minimum absolute atomic E-state index is 0.276. The van der Waals surface area contributed by atoms with Crippen LogP contribution in [0, 0.1) is 0 Å². The Morgan fingerprint density at radius 2 is 1.84 bits per heavy atom. The quantitative estimate of drug-likeness (QED) is 0.734. The number of carboxylic acid groups (broad SMARTS) is 1. The normalized spacial score (nSPS) is 10.8. The lowest BCUT2D eigenvalue weighted by molar-refractivity contribution is 0.0697. The molecule has 4 heteroatoms. The van der Waals surface area contributed by atoms with Gasteiger partial charge in [-0.15, -0.1) is 0 Å². The van der Waals surface area contributed by atoms with Crippen molar-refractivity contribution in [2.45, 2.75) is 0 Å². The summed E-state index contributed by atoms with van der Waals surface area (Å²) in [5.41, 5.74) is 3.01. The molecule has 0 fully saturated rings. The molecule has 0 unspecified atom stereocenters. The van der Waals surface area contributed by atoms with Crippen molar-refractivity contribution in [3.63, 3.8) is 0 Å². The number of hydrogen-bond donors (Lipinski definition) is 2. The van der Waals surface area contributed by atoms with Gasteiger partial charge in [0.05, 0.1) is 16.1 Å². The number of nitrogens with one attached hydrogen (secondary N) is 1. The van der Waals surface area contributed by atoms with Gasteiger partial charge in [0.1, 0.15) is 0 Å². The van der Waals surface area contributed by atoms with Crippen LogP contribution in [0.1, 0.15) is 10.4 Å². The number of H-pyrrole nitrogens is 1. The van der Waals surface area contributed by atoms with Crippen LogP contribution in [0.4, 0.5) is 0 Å². The number of rotatable bonds is 2. The minimum atomic E-state index is -0.925. The molecule has 0 saturated heterocycles. The molecule has 0 radical (unpaired) electrons. The van der Waals surface area contributed by atoms with Crippen LogP contribution in [-0.4, -0.2) is 16.1 Å². The third-order valence-corrected chi connectivity index (χ3v) is 3.36. The number of para-hydroxylation sites is 1. The number of aromatic nitrogens is 1. The van der Waals surface area contributed by atoms with Crippen molar-refractivity contribution in [1.29, 1.82) is 0 Å². The molecule has 0 spiro atoms. The van der Waals surface area contributed by atoms with Gasteiger partial charge in [0, 0.05) is 11.1 Å². The van der Waals surface area contributed by atoms with Crippen LogP contribution in [-0.2, 0) is 0 Å². The molecule has 0 aliphatic heterocycles. The van der Waals surface area contributed by atoms with Crippen LogP contribution in [0.3, 0.4) is 0 Å². The van der Waals surface area contributed by atoms with E-state index in [2.05, 4.69) is 4.98 Å². The van der Waals surface area contributed by atoms with Crippen molar-refractivity contribution in [3.05, 3.63) is 59.1 Å². The summed E-state index contributed by atoms with van der Waals surface area (Å²) >= 11 is 6.12. The predicted molar refractivity (Wildman–Crippen MR) is 75.7 cm³/mol. The van der Waals surface area contributed by atoms with E-state index >= 15 is 0 Å². The first kappa shape index (κ1) is 11.8. The van der Waals surface area contributed by atoms with Crippen molar-refractivity contribution in [2.75, 3.05) is 0 Å². The highest BCUT2D eigenvalue weighted by molar-refractivity contribution is 6.35. The smallest absolute Gasteiger partial charge is 0.335 e. The van der Waals surface area contributed by atoms with Gasteiger partial charge in [0.25, 0.3) is 0 Å². The first-order valence-corrected chi connectivity index (χ1v) is 6.14. The number of benzene rings is 2. The molecule has 2 aromatic carbocycles. The monoisotopic (exact) mass is 271 g/mol. The number of halogens is 1. The number of aromatic carboxylic acids is 1. The Morgan fingerprint density at radius 1 is 1.11 bits per heavy atom. The Morgan fingerprint density at radius 3 is 2.47 bits per heavy atom. The molecule has 0 atom stereocenters. The Bertz CT molecular complexity index is 759. The minimum Gasteiger partial charge on any atom is -0.478 e. The summed E-state index contributed by atoms with van der Waals surface area (Å²) in [7, 11) is 0. The average molecular weight is 272 g/mol. The maximum atomic E-state index is 10.8. The van der Waals surface area contributed by atoms with Gasteiger partial charge in [-0.25, -0.2) is 4.79 Å². The molecule has 3 aromatic rings. The summed E-state index contributed by atoms with van der Waals surface area (Å²) in [5, 5.41) is 10.6. The highest BCUT2D eigenvalue weighted by Crippen LogP contribution is 2.28. The molecule has 1 aromatic heterocycles. The van der Waals surface area contributed by atoms with E-state index in [0.29, 0.717) is 5.02 Å². The van der Waals surface area contributed by atoms with Gasteiger partial charge in [-0.3, -0.25) is 0 Å². The maximum Gasteiger partial charge on any atom is 0.335 e. The van der Waals surface area contributed by atoms with E-state index in [-0.39, 0.29) is 5.56 Å². The van der Waals surface area contributed by atoms with Crippen molar-refractivity contribution in [1.82, 2.24) is 4.98 Å². The predicted octanol–water partition coefficient (Wildman–Crippen LogP) is 4.19. The molecule has 0 bridgehead atoms. The largest absolute Gasteiger partial charge is 0.478 e. The second-order valence-electron chi connectivity index (χ2n) is 4.27. The lowest BCUT2D eigenvalue weighted by Gasteiger charge is -1.99. The van der Waals surface area contributed by atoms with Crippen LogP contribution in [0.15, 0.2) is 48.5 Å².